The number of rotatable bonds is 8. The molecule has 1 aromatic heterocycles. The largest absolute Gasteiger partial charge is 0.401 e. The van der Waals surface area contributed by atoms with Crippen LogP contribution < -0.4 is 5.32 Å². The highest BCUT2D eigenvalue weighted by molar-refractivity contribution is 7.11. The molecule has 20 heavy (non-hydrogen) atoms. The second-order valence-electron chi connectivity index (χ2n) is 5.23. The van der Waals surface area contributed by atoms with Crippen molar-refractivity contribution < 1.29 is 13.2 Å². The Kier molecular flexibility index (Phi) is 6.99. The van der Waals surface area contributed by atoms with Crippen LogP contribution in [0.1, 0.15) is 36.9 Å². The zero-order valence-electron chi connectivity index (χ0n) is 12.3. The average Bonchev–Trinajstić information content (AvgIpc) is 2.72. The first-order valence-corrected chi connectivity index (χ1v) is 7.72. The van der Waals surface area contributed by atoms with Crippen LogP contribution in [0.15, 0.2) is 12.1 Å². The molecule has 0 atom stereocenters. The van der Waals surface area contributed by atoms with Crippen LogP contribution in [0, 0.1) is 0 Å². The summed E-state index contributed by atoms with van der Waals surface area (Å²) in [6.45, 7) is 6.82. The van der Waals surface area contributed by atoms with Gasteiger partial charge >= 0.3 is 6.18 Å². The van der Waals surface area contributed by atoms with Crippen molar-refractivity contribution in [2.24, 2.45) is 0 Å². The van der Waals surface area contributed by atoms with Crippen molar-refractivity contribution in [3.8, 4) is 0 Å². The second kappa shape index (κ2) is 8.00. The third-order valence-electron chi connectivity index (χ3n) is 2.72. The van der Waals surface area contributed by atoms with E-state index in [0.717, 1.165) is 22.7 Å². The minimum absolute atomic E-state index is 0.375. The molecule has 1 N–H and O–H groups in total. The van der Waals surface area contributed by atoms with E-state index in [4.69, 9.17) is 0 Å². The zero-order valence-corrected chi connectivity index (χ0v) is 13.1. The van der Waals surface area contributed by atoms with Gasteiger partial charge < -0.3 is 5.32 Å². The molecule has 0 aromatic carbocycles. The van der Waals surface area contributed by atoms with Crippen LogP contribution in [0.25, 0.3) is 0 Å². The molecule has 6 heteroatoms. The predicted molar refractivity (Wildman–Crippen MR) is 77.9 cm³/mol. The Morgan fingerprint density at radius 2 is 1.90 bits per heavy atom. The molecule has 0 aliphatic rings. The van der Waals surface area contributed by atoms with Crippen molar-refractivity contribution in [1.82, 2.24) is 10.2 Å². The smallest absolute Gasteiger partial charge is 0.310 e. The Hall–Kier alpha value is -0.590. The molecule has 1 aromatic rings. The Bertz CT molecular complexity index is 388. The van der Waals surface area contributed by atoms with E-state index in [1.165, 1.54) is 4.90 Å². The van der Waals surface area contributed by atoms with Crippen molar-refractivity contribution in [2.75, 3.05) is 13.1 Å². The molecule has 0 aliphatic heterocycles. The van der Waals surface area contributed by atoms with Crippen LogP contribution in [0.3, 0.4) is 0 Å². The molecule has 0 amide bonds. The van der Waals surface area contributed by atoms with E-state index in [1.54, 1.807) is 11.3 Å². The lowest BCUT2D eigenvalue weighted by molar-refractivity contribution is -0.147. The SMILES string of the molecule is CCCN(Cc1ccc(CNC(C)C)s1)CC(F)(F)F. The molecule has 0 aliphatic carbocycles. The Morgan fingerprint density at radius 1 is 1.25 bits per heavy atom. The van der Waals surface area contributed by atoms with Crippen molar-refractivity contribution in [3.63, 3.8) is 0 Å². The summed E-state index contributed by atoms with van der Waals surface area (Å²) in [4.78, 5) is 3.62. The van der Waals surface area contributed by atoms with Gasteiger partial charge in [0.25, 0.3) is 0 Å². The summed E-state index contributed by atoms with van der Waals surface area (Å²) >= 11 is 1.58. The molecular weight excluding hydrogens is 285 g/mol. The van der Waals surface area contributed by atoms with Crippen LogP contribution in [-0.4, -0.2) is 30.2 Å². The summed E-state index contributed by atoms with van der Waals surface area (Å²) in [6.07, 6.45) is -3.41. The maximum absolute atomic E-state index is 12.5. The topological polar surface area (TPSA) is 15.3 Å². The van der Waals surface area contributed by atoms with Gasteiger partial charge in [-0.05, 0) is 25.1 Å². The van der Waals surface area contributed by atoms with Crippen molar-refractivity contribution in [1.29, 1.82) is 0 Å². The van der Waals surface area contributed by atoms with Gasteiger partial charge in [-0.25, -0.2) is 0 Å². The highest BCUT2D eigenvalue weighted by atomic mass is 32.1. The van der Waals surface area contributed by atoms with Crippen LogP contribution in [0.5, 0.6) is 0 Å². The molecule has 0 saturated carbocycles. The van der Waals surface area contributed by atoms with Crippen LogP contribution in [-0.2, 0) is 13.1 Å². The van der Waals surface area contributed by atoms with Crippen LogP contribution >= 0.6 is 11.3 Å². The number of thiophene rings is 1. The van der Waals surface area contributed by atoms with E-state index in [1.807, 2.05) is 19.1 Å². The van der Waals surface area contributed by atoms with Crippen LogP contribution in [0.2, 0.25) is 0 Å². The van der Waals surface area contributed by atoms with Gasteiger partial charge in [0.05, 0.1) is 6.54 Å². The van der Waals surface area contributed by atoms with E-state index in [-0.39, 0.29) is 0 Å². The predicted octanol–water partition coefficient (Wildman–Crippen LogP) is 4.02. The fraction of sp³-hybridized carbons (Fsp3) is 0.714. The highest BCUT2D eigenvalue weighted by Gasteiger charge is 2.30. The number of nitrogens with one attached hydrogen (secondary N) is 1. The fourth-order valence-electron chi connectivity index (χ4n) is 1.91. The van der Waals surface area contributed by atoms with E-state index < -0.39 is 12.7 Å². The maximum atomic E-state index is 12.5. The lowest BCUT2D eigenvalue weighted by Crippen LogP contribution is -2.34. The summed E-state index contributed by atoms with van der Waals surface area (Å²) < 4.78 is 37.5. The number of halogens is 3. The van der Waals surface area contributed by atoms with Crippen LogP contribution in [0.4, 0.5) is 13.2 Å². The number of nitrogens with zero attached hydrogens (tertiary/aromatic N) is 1. The summed E-state index contributed by atoms with van der Waals surface area (Å²) in [5.74, 6) is 0. The molecule has 0 fully saturated rings. The zero-order chi connectivity index (χ0) is 15.2. The highest BCUT2D eigenvalue weighted by Crippen LogP contribution is 2.22. The first-order chi connectivity index (χ1) is 9.30. The second-order valence-corrected chi connectivity index (χ2v) is 6.48. The Labute approximate surface area is 123 Å². The molecule has 0 radical (unpaired) electrons. The van der Waals surface area contributed by atoms with E-state index >= 15 is 0 Å². The molecule has 1 heterocycles. The third kappa shape index (κ3) is 7.26. The van der Waals surface area contributed by atoms with Gasteiger partial charge in [0.1, 0.15) is 0 Å². The summed E-state index contributed by atoms with van der Waals surface area (Å²) in [6, 6.07) is 4.33. The van der Waals surface area contributed by atoms with Gasteiger partial charge in [0.2, 0.25) is 0 Å². The van der Waals surface area contributed by atoms with E-state index in [9.17, 15) is 13.2 Å². The maximum Gasteiger partial charge on any atom is 0.401 e. The van der Waals surface area contributed by atoms with Crippen molar-refractivity contribution in [2.45, 2.75) is 52.5 Å². The third-order valence-corrected chi connectivity index (χ3v) is 3.79. The molecule has 116 valence electrons. The summed E-state index contributed by atoms with van der Waals surface area (Å²) in [5.41, 5.74) is 0. The van der Waals surface area contributed by atoms with Crippen molar-refractivity contribution >= 4 is 11.3 Å². The van der Waals surface area contributed by atoms with E-state index in [0.29, 0.717) is 19.1 Å². The quantitative estimate of drug-likeness (QED) is 0.780. The summed E-state index contributed by atoms with van der Waals surface area (Å²) in [7, 11) is 0. The molecule has 0 spiro atoms. The van der Waals surface area contributed by atoms with E-state index in [2.05, 4.69) is 19.2 Å². The first kappa shape index (κ1) is 17.5. The minimum atomic E-state index is -4.13. The molecule has 0 saturated heterocycles. The molecule has 0 unspecified atom stereocenters. The molecular formula is C14H23F3N2S. The van der Waals surface area contributed by atoms with Gasteiger partial charge in [-0.2, -0.15) is 13.2 Å². The minimum Gasteiger partial charge on any atom is -0.310 e. The lowest BCUT2D eigenvalue weighted by Gasteiger charge is -2.22. The van der Waals surface area contributed by atoms with Gasteiger partial charge in [-0.1, -0.05) is 20.8 Å². The fourth-order valence-corrected chi connectivity index (χ4v) is 2.92. The molecule has 0 bridgehead atoms. The first-order valence-electron chi connectivity index (χ1n) is 6.90. The lowest BCUT2D eigenvalue weighted by atomic mass is 10.3. The average molecular weight is 308 g/mol. The number of hydrogen-bond donors (Lipinski definition) is 1. The van der Waals surface area contributed by atoms with Gasteiger partial charge in [0.15, 0.2) is 0 Å². The van der Waals surface area contributed by atoms with Gasteiger partial charge in [0, 0.05) is 28.9 Å². The Morgan fingerprint density at radius 3 is 2.45 bits per heavy atom. The number of alkyl halides is 3. The Balaban J connectivity index is 2.55. The van der Waals surface area contributed by atoms with Crippen molar-refractivity contribution in [3.05, 3.63) is 21.9 Å². The number of hydrogen-bond acceptors (Lipinski definition) is 3. The summed E-state index contributed by atoms with van der Waals surface area (Å²) in [5, 5.41) is 3.31. The van der Waals surface area contributed by atoms with Gasteiger partial charge in [-0.3, -0.25) is 4.90 Å². The standard InChI is InChI=1S/C14H23F3N2S/c1-4-7-19(10-14(15,16)17)9-13-6-5-12(20-13)8-18-11(2)3/h5-6,11,18H,4,7-10H2,1-3H3. The molecule has 2 nitrogen and oxygen atoms in total. The van der Waals surface area contributed by atoms with Gasteiger partial charge in [-0.15, -0.1) is 11.3 Å². The monoisotopic (exact) mass is 308 g/mol. The normalized spacial score (nSPS) is 12.6. The molecule has 1 rings (SSSR count).